The molecule has 0 bridgehead atoms. The molecule has 0 aliphatic rings. The van der Waals surface area contributed by atoms with E-state index in [4.69, 9.17) is 0 Å². The lowest BCUT2D eigenvalue weighted by molar-refractivity contribution is 0.881. The third-order valence-electron chi connectivity index (χ3n) is 1.96. The number of hydrogen-bond donors (Lipinski definition) is 1. The summed E-state index contributed by atoms with van der Waals surface area (Å²) < 4.78 is 0. The Kier molecular flexibility index (Phi) is 2.11. The van der Waals surface area contributed by atoms with Gasteiger partial charge in [0, 0.05) is 11.8 Å². The van der Waals surface area contributed by atoms with Crippen molar-refractivity contribution in [1.29, 1.82) is 0 Å². The second-order valence-corrected chi connectivity index (χ2v) is 3.71. The average molecular weight is 231 g/mol. The molecule has 3 aromatic rings. The molecule has 1 N–H and O–H groups in total. The number of aromatic nitrogens is 7. The third-order valence-corrected chi connectivity index (χ3v) is 2.68. The van der Waals surface area contributed by atoms with Crippen molar-refractivity contribution in [3.63, 3.8) is 0 Å². The van der Waals surface area contributed by atoms with E-state index in [1.807, 2.05) is 12.1 Å². The van der Waals surface area contributed by atoms with Crippen molar-refractivity contribution < 1.29 is 0 Å². The summed E-state index contributed by atoms with van der Waals surface area (Å²) in [6.07, 6.45) is 1.68. The molecule has 7 nitrogen and oxygen atoms in total. The first-order valence-corrected chi connectivity index (χ1v) is 5.28. The summed E-state index contributed by atoms with van der Waals surface area (Å²) in [5, 5.41) is 22.3. The van der Waals surface area contributed by atoms with Gasteiger partial charge < -0.3 is 0 Å². The van der Waals surface area contributed by atoms with E-state index in [0.29, 0.717) is 11.5 Å². The molecule has 0 saturated heterocycles. The Morgan fingerprint density at radius 1 is 1.25 bits per heavy atom. The van der Waals surface area contributed by atoms with Crippen LogP contribution >= 0.6 is 11.3 Å². The molecule has 3 heterocycles. The normalized spacial score (nSPS) is 10.5. The van der Waals surface area contributed by atoms with Crippen LogP contribution in [0.25, 0.3) is 22.1 Å². The number of tetrazole rings is 1. The largest absolute Gasteiger partial charge is 0.252 e. The van der Waals surface area contributed by atoms with Gasteiger partial charge in [0.25, 0.3) is 0 Å². The van der Waals surface area contributed by atoms with E-state index >= 15 is 0 Å². The van der Waals surface area contributed by atoms with Crippen molar-refractivity contribution in [2.45, 2.75) is 0 Å². The summed E-state index contributed by atoms with van der Waals surface area (Å²) in [6, 6.07) is 3.74. The smallest absolute Gasteiger partial charge is 0.223 e. The Morgan fingerprint density at radius 3 is 3.00 bits per heavy atom. The number of nitrogens with one attached hydrogen (secondary N) is 1. The third kappa shape index (κ3) is 1.44. The van der Waals surface area contributed by atoms with Crippen LogP contribution in [0, 0.1) is 0 Å². The minimum atomic E-state index is 0.450. The van der Waals surface area contributed by atoms with Gasteiger partial charge >= 0.3 is 0 Å². The first kappa shape index (κ1) is 9.04. The Hall–Kier alpha value is -2.22. The lowest BCUT2D eigenvalue weighted by Gasteiger charge is -1.99. The van der Waals surface area contributed by atoms with Crippen molar-refractivity contribution in [1.82, 2.24) is 35.8 Å². The maximum absolute atomic E-state index is 4.23. The van der Waals surface area contributed by atoms with Crippen LogP contribution < -0.4 is 0 Å². The number of pyridine rings is 1. The first-order valence-electron chi connectivity index (χ1n) is 4.40. The molecule has 0 aromatic carbocycles. The molecule has 0 spiro atoms. The molecule has 0 radical (unpaired) electrons. The predicted octanol–water partition coefficient (Wildman–Crippen LogP) is 0.780. The summed E-state index contributed by atoms with van der Waals surface area (Å²) >= 11 is 1.44. The first-order chi connectivity index (χ1) is 7.95. The quantitative estimate of drug-likeness (QED) is 0.700. The minimum Gasteiger partial charge on any atom is -0.252 e. The van der Waals surface area contributed by atoms with Gasteiger partial charge in [-0.15, -0.1) is 20.4 Å². The van der Waals surface area contributed by atoms with Crippen LogP contribution in [0.1, 0.15) is 0 Å². The number of hydrogen-bond acceptors (Lipinski definition) is 7. The molecule has 0 aliphatic carbocycles. The van der Waals surface area contributed by atoms with Crippen molar-refractivity contribution in [3.8, 4) is 22.1 Å². The van der Waals surface area contributed by atoms with Gasteiger partial charge in [0.2, 0.25) is 5.82 Å². The van der Waals surface area contributed by atoms with Crippen LogP contribution in [-0.4, -0.2) is 35.8 Å². The van der Waals surface area contributed by atoms with Crippen LogP contribution in [0.3, 0.4) is 0 Å². The molecule has 0 fully saturated rings. The van der Waals surface area contributed by atoms with Crippen LogP contribution in [0.5, 0.6) is 0 Å². The van der Waals surface area contributed by atoms with E-state index in [1.54, 1.807) is 11.7 Å². The van der Waals surface area contributed by atoms with Gasteiger partial charge in [-0.2, -0.15) is 5.21 Å². The van der Waals surface area contributed by atoms with E-state index in [-0.39, 0.29) is 0 Å². The molecule has 16 heavy (non-hydrogen) atoms. The second-order valence-electron chi connectivity index (χ2n) is 2.88. The topological polar surface area (TPSA) is 93.1 Å². The van der Waals surface area contributed by atoms with E-state index in [1.165, 1.54) is 11.3 Å². The van der Waals surface area contributed by atoms with E-state index in [0.717, 1.165) is 10.6 Å². The molecule has 0 saturated carbocycles. The maximum Gasteiger partial charge on any atom is 0.223 e. The minimum absolute atomic E-state index is 0.450. The van der Waals surface area contributed by atoms with Gasteiger partial charge in [0.1, 0.15) is 16.2 Å². The molecule has 0 unspecified atom stereocenters. The van der Waals surface area contributed by atoms with Crippen molar-refractivity contribution >= 4 is 11.3 Å². The standard InChI is InChI=1S/C8H5N7S/c1-2-5(8-13-10-4-16-8)6(9-3-1)7-11-14-15-12-7/h1-4H,(H,11,12,14,15). The molecule has 3 rings (SSSR count). The van der Waals surface area contributed by atoms with Crippen molar-refractivity contribution in [3.05, 3.63) is 23.8 Å². The van der Waals surface area contributed by atoms with E-state index < -0.39 is 0 Å². The highest BCUT2D eigenvalue weighted by molar-refractivity contribution is 7.12. The zero-order valence-electron chi connectivity index (χ0n) is 7.90. The maximum atomic E-state index is 4.23. The fourth-order valence-electron chi connectivity index (χ4n) is 1.31. The van der Waals surface area contributed by atoms with Crippen molar-refractivity contribution in [2.75, 3.05) is 0 Å². The summed E-state index contributed by atoms with van der Waals surface area (Å²) in [5.41, 5.74) is 3.17. The molecule has 0 aliphatic heterocycles. The van der Waals surface area contributed by atoms with Crippen LogP contribution in [0.15, 0.2) is 23.8 Å². The van der Waals surface area contributed by atoms with Gasteiger partial charge in [0.05, 0.1) is 0 Å². The van der Waals surface area contributed by atoms with Gasteiger partial charge in [-0.05, 0) is 17.3 Å². The van der Waals surface area contributed by atoms with Crippen LogP contribution in [0.4, 0.5) is 0 Å². The molecular formula is C8H5N7S. The van der Waals surface area contributed by atoms with Gasteiger partial charge in [-0.1, -0.05) is 11.3 Å². The number of aromatic amines is 1. The second kappa shape index (κ2) is 3.74. The van der Waals surface area contributed by atoms with E-state index in [2.05, 4.69) is 35.8 Å². The number of nitrogens with zero attached hydrogens (tertiary/aromatic N) is 6. The number of H-pyrrole nitrogens is 1. The molecule has 0 amide bonds. The molecule has 8 heteroatoms. The van der Waals surface area contributed by atoms with Crippen LogP contribution in [-0.2, 0) is 0 Å². The van der Waals surface area contributed by atoms with Crippen LogP contribution in [0.2, 0.25) is 0 Å². The lowest BCUT2D eigenvalue weighted by atomic mass is 10.2. The SMILES string of the molecule is c1cnc(-c2nn[nH]n2)c(-c2nncs2)c1. The van der Waals surface area contributed by atoms with Gasteiger partial charge in [0.15, 0.2) is 0 Å². The summed E-state index contributed by atoms with van der Waals surface area (Å²) in [4.78, 5) is 4.23. The fourth-order valence-corrected chi connectivity index (χ4v) is 1.89. The highest BCUT2D eigenvalue weighted by Gasteiger charge is 2.13. The van der Waals surface area contributed by atoms with Gasteiger partial charge in [-0.3, -0.25) is 4.98 Å². The van der Waals surface area contributed by atoms with E-state index in [9.17, 15) is 0 Å². The zero-order chi connectivity index (χ0) is 10.8. The Bertz CT molecular complexity index is 521. The monoisotopic (exact) mass is 231 g/mol. The Balaban J connectivity index is 2.19. The molecule has 78 valence electrons. The summed E-state index contributed by atoms with van der Waals surface area (Å²) in [6.45, 7) is 0. The van der Waals surface area contributed by atoms with Crippen molar-refractivity contribution in [2.24, 2.45) is 0 Å². The molecule has 3 aromatic heterocycles. The lowest BCUT2D eigenvalue weighted by Crippen LogP contribution is -1.90. The summed E-state index contributed by atoms with van der Waals surface area (Å²) in [7, 11) is 0. The molecule has 0 atom stereocenters. The molecular weight excluding hydrogens is 226 g/mol. The fraction of sp³-hybridized carbons (Fsp3) is 0. The summed E-state index contributed by atoms with van der Waals surface area (Å²) in [5.74, 6) is 0.450. The Morgan fingerprint density at radius 2 is 2.25 bits per heavy atom. The zero-order valence-corrected chi connectivity index (χ0v) is 8.72. The number of rotatable bonds is 2. The highest BCUT2D eigenvalue weighted by Crippen LogP contribution is 2.27. The predicted molar refractivity (Wildman–Crippen MR) is 56.3 cm³/mol. The Labute approximate surface area is 93.6 Å². The average Bonchev–Trinajstić information content (AvgIpc) is 3.03. The van der Waals surface area contributed by atoms with Gasteiger partial charge in [-0.25, -0.2) is 0 Å². The highest BCUT2D eigenvalue weighted by atomic mass is 32.1.